The van der Waals surface area contributed by atoms with Crippen molar-refractivity contribution in [3.05, 3.63) is 29.8 Å². The normalized spacial score (nSPS) is 9.86. The summed E-state index contributed by atoms with van der Waals surface area (Å²) in [6.07, 6.45) is 2.14. The van der Waals surface area contributed by atoms with Crippen LogP contribution in [0, 0.1) is 0 Å². The molecule has 1 rings (SSSR count). The van der Waals surface area contributed by atoms with Crippen LogP contribution in [-0.4, -0.2) is 12.9 Å². The number of carbonyl (C=O) groups is 1. The van der Waals surface area contributed by atoms with Crippen molar-refractivity contribution in [2.45, 2.75) is 26.2 Å². The van der Waals surface area contributed by atoms with Crippen molar-refractivity contribution >= 4 is 5.78 Å². The summed E-state index contributed by atoms with van der Waals surface area (Å²) in [6.45, 7) is 2.02. The highest BCUT2D eigenvalue weighted by Crippen LogP contribution is 2.12. The highest BCUT2D eigenvalue weighted by atomic mass is 16.5. The number of carbonyl (C=O) groups excluding carboxylic acids is 1. The number of hydrogen-bond donors (Lipinski definition) is 0. The average molecular weight is 192 g/mol. The second kappa shape index (κ2) is 5.43. The van der Waals surface area contributed by atoms with Gasteiger partial charge in [0.15, 0.2) is 0 Å². The molecule has 0 aliphatic rings. The van der Waals surface area contributed by atoms with Crippen LogP contribution in [0.5, 0.6) is 5.75 Å². The predicted octanol–water partition coefficient (Wildman–Crippen LogP) is 2.61. The number of benzene rings is 1. The Morgan fingerprint density at radius 1 is 1.29 bits per heavy atom. The highest BCUT2D eigenvalue weighted by Gasteiger charge is 2.02. The second-order valence-corrected chi connectivity index (χ2v) is 3.31. The molecule has 0 saturated carbocycles. The van der Waals surface area contributed by atoms with Crippen molar-refractivity contribution in [1.82, 2.24) is 0 Å². The molecule has 14 heavy (non-hydrogen) atoms. The van der Waals surface area contributed by atoms with Gasteiger partial charge in [-0.25, -0.2) is 0 Å². The van der Waals surface area contributed by atoms with E-state index in [1.54, 1.807) is 7.11 Å². The van der Waals surface area contributed by atoms with Crippen LogP contribution < -0.4 is 4.74 Å². The van der Waals surface area contributed by atoms with Gasteiger partial charge < -0.3 is 4.74 Å². The standard InChI is InChI=1S/C12H16O2/c1-3-4-11(13)9-10-5-7-12(14-2)8-6-10/h5-8H,3-4,9H2,1-2H3. The van der Waals surface area contributed by atoms with Crippen LogP contribution in [0.1, 0.15) is 25.3 Å². The van der Waals surface area contributed by atoms with Crippen LogP contribution in [-0.2, 0) is 11.2 Å². The van der Waals surface area contributed by atoms with Gasteiger partial charge in [-0.3, -0.25) is 4.79 Å². The van der Waals surface area contributed by atoms with Crippen LogP contribution in [0.2, 0.25) is 0 Å². The first-order valence-corrected chi connectivity index (χ1v) is 4.91. The summed E-state index contributed by atoms with van der Waals surface area (Å²) >= 11 is 0. The van der Waals surface area contributed by atoms with Crippen molar-refractivity contribution in [2.75, 3.05) is 7.11 Å². The largest absolute Gasteiger partial charge is 0.497 e. The molecular formula is C12H16O2. The minimum absolute atomic E-state index is 0.303. The molecule has 1 aromatic rings. The van der Waals surface area contributed by atoms with Crippen LogP contribution in [0.15, 0.2) is 24.3 Å². The zero-order chi connectivity index (χ0) is 10.4. The lowest BCUT2D eigenvalue weighted by Crippen LogP contribution is -2.01. The summed E-state index contributed by atoms with van der Waals surface area (Å²) in [7, 11) is 1.64. The molecule has 2 nitrogen and oxygen atoms in total. The molecule has 0 aromatic heterocycles. The van der Waals surface area contributed by atoms with E-state index in [1.165, 1.54) is 0 Å². The summed E-state index contributed by atoms with van der Waals surface area (Å²) in [5.41, 5.74) is 1.06. The SMILES string of the molecule is CCCC(=O)Cc1ccc(OC)cc1. The first kappa shape index (κ1) is 10.8. The molecule has 76 valence electrons. The monoisotopic (exact) mass is 192 g/mol. The predicted molar refractivity (Wildman–Crippen MR) is 56.6 cm³/mol. The average Bonchev–Trinajstić information content (AvgIpc) is 2.19. The van der Waals surface area contributed by atoms with Crippen molar-refractivity contribution in [3.63, 3.8) is 0 Å². The third-order valence-corrected chi connectivity index (χ3v) is 2.09. The Balaban J connectivity index is 2.55. The molecular weight excluding hydrogens is 176 g/mol. The molecule has 0 unspecified atom stereocenters. The second-order valence-electron chi connectivity index (χ2n) is 3.31. The van der Waals surface area contributed by atoms with Crippen molar-refractivity contribution < 1.29 is 9.53 Å². The van der Waals surface area contributed by atoms with Crippen molar-refractivity contribution in [3.8, 4) is 5.75 Å². The zero-order valence-corrected chi connectivity index (χ0v) is 8.75. The molecule has 0 spiro atoms. The maximum absolute atomic E-state index is 11.3. The Labute approximate surface area is 84.9 Å². The molecule has 0 atom stereocenters. The molecule has 0 bridgehead atoms. The van der Waals surface area contributed by atoms with E-state index in [0.717, 1.165) is 17.7 Å². The minimum Gasteiger partial charge on any atom is -0.497 e. The molecule has 0 fully saturated rings. The van der Waals surface area contributed by atoms with E-state index in [2.05, 4.69) is 0 Å². The van der Waals surface area contributed by atoms with Crippen LogP contribution in [0.25, 0.3) is 0 Å². The molecule has 0 aliphatic carbocycles. The van der Waals surface area contributed by atoms with Gasteiger partial charge in [-0.15, -0.1) is 0 Å². The van der Waals surface area contributed by atoms with Crippen molar-refractivity contribution in [2.24, 2.45) is 0 Å². The third kappa shape index (κ3) is 3.21. The summed E-state index contributed by atoms with van der Waals surface area (Å²) in [6, 6.07) is 7.64. The fourth-order valence-electron chi connectivity index (χ4n) is 1.34. The molecule has 0 N–H and O–H groups in total. The van der Waals surface area contributed by atoms with E-state index < -0.39 is 0 Å². The minimum atomic E-state index is 0.303. The van der Waals surface area contributed by atoms with E-state index in [1.807, 2.05) is 31.2 Å². The Kier molecular flexibility index (Phi) is 4.17. The van der Waals surface area contributed by atoms with Gasteiger partial charge in [0, 0.05) is 12.8 Å². The Bertz CT molecular complexity index is 288. The first-order valence-electron chi connectivity index (χ1n) is 4.91. The zero-order valence-electron chi connectivity index (χ0n) is 8.75. The van der Waals surface area contributed by atoms with Gasteiger partial charge in [-0.2, -0.15) is 0 Å². The summed E-state index contributed by atoms with van der Waals surface area (Å²) in [5, 5.41) is 0. The van der Waals surface area contributed by atoms with Gasteiger partial charge >= 0.3 is 0 Å². The molecule has 0 aliphatic heterocycles. The van der Waals surface area contributed by atoms with Gasteiger partial charge in [0.05, 0.1) is 7.11 Å². The van der Waals surface area contributed by atoms with Gasteiger partial charge in [0.2, 0.25) is 0 Å². The number of ketones is 1. The van der Waals surface area contributed by atoms with Gasteiger partial charge in [0.25, 0.3) is 0 Å². The van der Waals surface area contributed by atoms with Gasteiger partial charge in [-0.05, 0) is 24.1 Å². The van der Waals surface area contributed by atoms with Gasteiger partial charge in [-0.1, -0.05) is 19.1 Å². The van der Waals surface area contributed by atoms with Crippen LogP contribution >= 0.6 is 0 Å². The summed E-state index contributed by atoms with van der Waals surface area (Å²) in [5.74, 6) is 1.13. The fourth-order valence-corrected chi connectivity index (χ4v) is 1.34. The highest BCUT2D eigenvalue weighted by molar-refractivity contribution is 5.80. The quantitative estimate of drug-likeness (QED) is 0.716. The van der Waals surface area contributed by atoms with Crippen molar-refractivity contribution in [1.29, 1.82) is 0 Å². The van der Waals surface area contributed by atoms with E-state index >= 15 is 0 Å². The maximum Gasteiger partial charge on any atom is 0.137 e. The van der Waals surface area contributed by atoms with Crippen LogP contribution in [0.4, 0.5) is 0 Å². The number of ether oxygens (including phenoxy) is 1. The van der Waals surface area contributed by atoms with Gasteiger partial charge in [0.1, 0.15) is 11.5 Å². The first-order chi connectivity index (χ1) is 6.76. The molecule has 0 amide bonds. The Hall–Kier alpha value is -1.31. The molecule has 2 heteroatoms. The summed E-state index contributed by atoms with van der Waals surface area (Å²) < 4.78 is 5.04. The van der Waals surface area contributed by atoms with E-state index in [-0.39, 0.29) is 0 Å². The lowest BCUT2D eigenvalue weighted by molar-refractivity contribution is -0.118. The topological polar surface area (TPSA) is 26.3 Å². The fraction of sp³-hybridized carbons (Fsp3) is 0.417. The number of Topliss-reactive ketones (excluding diaryl/α,β-unsaturated/α-hetero) is 1. The summed E-state index contributed by atoms with van der Waals surface area (Å²) in [4.78, 5) is 11.3. The lowest BCUT2D eigenvalue weighted by Gasteiger charge is -2.02. The number of hydrogen-bond acceptors (Lipinski definition) is 2. The maximum atomic E-state index is 11.3. The van der Waals surface area contributed by atoms with E-state index in [0.29, 0.717) is 18.6 Å². The molecule has 0 heterocycles. The Morgan fingerprint density at radius 3 is 2.43 bits per heavy atom. The smallest absolute Gasteiger partial charge is 0.137 e. The Morgan fingerprint density at radius 2 is 1.93 bits per heavy atom. The number of methoxy groups -OCH3 is 1. The van der Waals surface area contributed by atoms with Crippen LogP contribution in [0.3, 0.4) is 0 Å². The third-order valence-electron chi connectivity index (χ3n) is 2.09. The molecule has 1 aromatic carbocycles. The molecule has 0 saturated heterocycles. The number of rotatable bonds is 5. The van der Waals surface area contributed by atoms with E-state index in [9.17, 15) is 4.79 Å². The lowest BCUT2D eigenvalue weighted by atomic mass is 10.1. The van der Waals surface area contributed by atoms with E-state index in [4.69, 9.17) is 4.74 Å². The molecule has 0 radical (unpaired) electrons.